The molecule has 8 heteroatoms. The average Bonchev–Trinajstić information content (AvgIpc) is 3.23. The highest BCUT2D eigenvalue weighted by Crippen LogP contribution is 2.33. The normalized spacial score (nSPS) is 11.1. The minimum Gasteiger partial charge on any atom is -0.465 e. The molecule has 0 aliphatic carbocycles. The molecular formula is C26H17ClN2O5. The SMILES string of the molecule is COC(=O)c1c(C(=O)OC)c2ccc3c4ncccc4ccc3n2c1C(=O)c1ccc(Cl)cc1. The molecule has 7 nitrogen and oxygen atoms in total. The molecule has 0 amide bonds. The van der Waals surface area contributed by atoms with Crippen LogP contribution in [0.5, 0.6) is 0 Å². The lowest BCUT2D eigenvalue weighted by atomic mass is 10.0. The van der Waals surface area contributed by atoms with Gasteiger partial charge in [-0.3, -0.25) is 9.78 Å². The Labute approximate surface area is 198 Å². The van der Waals surface area contributed by atoms with Gasteiger partial charge in [-0.1, -0.05) is 23.7 Å². The van der Waals surface area contributed by atoms with Crippen LogP contribution in [0.4, 0.5) is 0 Å². The van der Waals surface area contributed by atoms with Gasteiger partial charge in [0.2, 0.25) is 5.78 Å². The van der Waals surface area contributed by atoms with Crippen LogP contribution in [0.25, 0.3) is 27.3 Å². The van der Waals surface area contributed by atoms with E-state index in [1.54, 1.807) is 40.9 Å². The highest BCUT2D eigenvalue weighted by atomic mass is 35.5. The number of halogens is 1. The van der Waals surface area contributed by atoms with Crippen molar-refractivity contribution in [1.29, 1.82) is 0 Å². The van der Waals surface area contributed by atoms with E-state index in [4.69, 9.17) is 21.1 Å². The first-order valence-corrected chi connectivity index (χ1v) is 10.7. The largest absolute Gasteiger partial charge is 0.465 e. The summed E-state index contributed by atoms with van der Waals surface area (Å²) in [6, 6.07) is 17.2. The minimum atomic E-state index is -0.825. The van der Waals surface area contributed by atoms with Crippen LogP contribution < -0.4 is 0 Å². The number of aromatic nitrogens is 2. The van der Waals surface area contributed by atoms with Crippen LogP contribution in [0.2, 0.25) is 5.02 Å². The predicted octanol–water partition coefficient (Wildman–Crippen LogP) is 5.10. The Morgan fingerprint density at radius 1 is 0.824 bits per heavy atom. The van der Waals surface area contributed by atoms with E-state index in [-0.39, 0.29) is 16.8 Å². The average molecular weight is 473 g/mol. The summed E-state index contributed by atoms with van der Waals surface area (Å²) in [7, 11) is 2.41. The molecule has 168 valence electrons. The number of ketones is 1. The van der Waals surface area contributed by atoms with Crippen LogP contribution in [0, 0.1) is 0 Å². The van der Waals surface area contributed by atoms with Crippen LogP contribution in [0.15, 0.2) is 66.9 Å². The molecule has 0 radical (unpaired) electrons. The Kier molecular flexibility index (Phi) is 5.26. The summed E-state index contributed by atoms with van der Waals surface area (Å²) in [5.41, 5.74) is 1.73. The zero-order valence-corrected chi connectivity index (χ0v) is 18.9. The van der Waals surface area contributed by atoms with Crippen molar-refractivity contribution in [2.75, 3.05) is 14.2 Å². The number of carbonyl (C=O) groups is 3. The number of carbonyl (C=O) groups excluding carboxylic acids is 3. The van der Waals surface area contributed by atoms with Crippen molar-refractivity contribution in [2.45, 2.75) is 0 Å². The van der Waals surface area contributed by atoms with E-state index >= 15 is 0 Å². The van der Waals surface area contributed by atoms with Crippen molar-refractivity contribution in [3.8, 4) is 0 Å². The second-order valence-corrected chi connectivity index (χ2v) is 7.98. The summed E-state index contributed by atoms with van der Waals surface area (Å²) in [5, 5.41) is 2.12. The molecule has 0 atom stereocenters. The van der Waals surface area contributed by atoms with E-state index in [2.05, 4.69) is 4.98 Å². The third-order valence-electron chi connectivity index (χ3n) is 5.75. The van der Waals surface area contributed by atoms with Gasteiger partial charge in [-0.05, 0) is 48.5 Å². The summed E-state index contributed by atoms with van der Waals surface area (Å²) in [6.07, 6.45) is 1.68. The number of rotatable bonds is 4. The van der Waals surface area contributed by atoms with Crippen LogP contribution in [-0.2, 0) is 9.47 Å². The number of pyridine rings is 2. The standard InChI is InChI=1S/C26H17ClN2O5/c1-33-25(31)20-19-12-10-17-18(11-7-14-4-3-13-28-22(14)17)29(19)23(21(20)26(32)34-2)24(30)15-5-8-16(27)9-6-15/h3-13H,1-2H3. The lowest BCUT2D eigenvalue weighted by molar-refractivity contribution is 0.0556. The molecule has 0 unspecified atom stereocenters. The van der Waals surface area contributed by atoms with E-state index in [1.165, 1.54) is 14.2 Å². The minimum absolute atomic E-state index is 0.00884. The topological polar surface area (TPSA) is 87.0 Å². The molecule has 3 heterocycles. The van der Waals surface area contributed by atoms with E-state index in [0.29, 0.717) is 21.6 Å². The molecule has 5 aromatic rings. The van der Waals surface area contributed by atoms with E-state index in [1.807, 2.05) is 30.3 Å². The monoisotopic (exact) mass is 472 g/mol. The molecule has 3 aromatic heterocycles. The molecule has 0 N–H and O–H groups in total. The quantitative estimate of drug-likeness (QED) is 0.205. The zero-order valence-electron chi connectivity index (χ0n) is 18.2. The van der Waals surface area contributed by atoms with Crippen molar-refractivity contribution in [3.63, 3.8) is 0 Å². The highest BCUT2D eigenvalue weighted by molar-refractivity contribution is 6.30. The van der Waals surface area contributed by atoms with Crippen molar-refractivity contribution in [2.24, 2.45) is 0 Å². The third kappa shape index (κ3) is 3.21. The first-order chi connectivity index (χ1) is 16.5. The van der Waals surface area contributed by atoms with Crippen LogP contribution in [0.3, 0.4) is 0 Å². The number of hydrogen-bond donors (Lipinski definition) is 0. The summed E-state index contributed by atoms with van der Waals surface area (Å²) >= 11 is 6.00. The molecule has 0 aliphatic heterocycles. The fourth-order valence-corrected chi connectivity index (χ4v) is 4.37. The molecule has 2 aromatic carbocycles. The molecule has 0 saturated heterocycles. The maximum atomic E-state index is 13.8. The third-order valence-corrected chi connectivity index (χ3v) is 6.00. The van der Waals surface area contributed by atoms with Crippen LogP contribution >= 0.6 is 11.6 Å². The number of methoxy groups -OCH3 is 2. The fraction of sp³-hybridized carbons (Fsp3) is 0.0769. The van der Waals surface area contributed by atoms with Gasteiger partial charge in [0.05, 0.1) is 30.8 Å². The van der Waals surface area contributed by atoms with Gasteiger partial charge in [0, 0.05) is 27.6 Å². The summed E-state index contributed by atoms with van der Waals surface area (Å²) in [6.45, 7) is 0. The van der Waals surface area contributed by atoms with Gasteiger partial charge in [-0.15, -0.1) is 0 Å². The Bertz CT molecular complexity index is 1640. The molecule has 0 spiro atoms. The van der Waals surface area contributed by atoms with Gasteiger partial charge in [0.25, 0.3) is 0 Å². The van der Waals surface area contributed by atoms with Crippen molar-refractivity contribution in [3.05, 3.63) is 94.3 Å². The lowest BCUT2D eigenvalue weighted by Gasteiger charge is -2.10. The first kappa shape index (κ1) is 21.6. The van der Waals surface area contributed by atoms with Gasteiger partial charge in [-0.2, -0.15) is 0 Å². The number of benzene rings is 2. The number of fused-ring (bicyclic) bond motifs is 5. The molecule has 0 saturated carbocycles. The summed E-state index contributed by atoms with van der Waals surface area (Å²) in [5.74, 6) is -2.06. The molecule has 0 aliphatic rings. The van der Waals surface area contributed by atoms with E-state index in [9.17, 15) is 14.4 Å². The molecular weight excluding hydrogens is 456 g/mol. The Balaban J connectivity index is 1.98. The number of ether oxygens (including phenoxy) is 2. The summed E-state index contributed by atoms with van der Waals surface area (Å²) < 4.78 is 11.6. The second-order valence-electron chi connectivity index (χ2n) is 7.55. The van der Waals surface area contributed by atoms with Gasteiger partial charge < -0.3 is 13.9 Å². The Morgan fingerprint density at radius 3 is 2.21 bits per heavy atom. The fourth-order valence-electron chi connectivity index (χ4n) is 4.24. The van der Waals surface area contributed by atoms with Crippen LogP contribution in [0.1, 0.15) is 36.8 Å². The number of esters is 2. The smallest absolute Gasteiger partial charge is 0.341 e. The maximum absolute atomic E-state index is 13.8. The van der Waals surface area contributed by atoms with Gasteiger partial charge in [0.15, 0.2) is 0 Å². The van der Waals surface area contributed by atoms with Crippen LogP contribution in [-0.4, -0.2) is 41.3 Å². The maximum Gasteiger partial charge on any atom is 0.341 e. The highest BCUT2D eigenvalue weighted by Gasteiger charge is 2.33. The van der Waals surface area contributed by atoms with Crippen molar-refractivity contribution < 1.29 is 23.9 Å². The molecule has 0 fully saturated rings. The predicted molar refractivity (Wildman–Crippen MR) is 128 cm³/mol. The van der Waals surface area contributed by atoms with Gasteiger partial charge in [0.1, 0.15) is 16.8 Å². The number of hydrogen-bond acceptors (Lipinski definition) is 6. The first-order valence-electron chi connectivity index (χ1n) is 10.3. The van der Waals surface area contributed by atoms with E-state index < -0.39 is 17.7 Å². The van der Waals surface area contributed by atoms with Gasteiger partial charge >= 0.3 is 11.9 Å². The number of nitrogens with zero attached hydrogens (tertiary/aromatic N) is 2. The molecule has 5 rings (SSSR count). The van der Waals surface area contributed by atoms with Gasteiger partial charge in [-0.25, -0.2) is 9.59 Å². The second kappa shape index (κ2) is 8.28. The summed E-state index contributed by atoms with van der Waals surface area (Å²) in [4.78, 5) is 44.1. The van der Waals surface area contributed by atoms with Crippen molar-refractivity contribution in [1.82, 2.24) is 9.38 Å². The Morgan fingerprint density at radius 2 is 1.50 bits per heavy atom. The molecule has 34 heavy (non-hydrogen) atoms. The zero-order chi connectivity index (χ0) is 24.0. The Hall–Kier alpha value is -4.23. The van der Waals surface area contributed by atoms with Crippen molar-refractivity contribution >= 4 is 56.6 Å². The lowest BCUT2D eigenvalue weighted by Crippen LogP contribution is -2.15. The van der Waals surface area contributed by atoms with E-state index in [0.717, 1.165) is 16.3 Å². The molecule has 0 bridgehead atoms.